The van der Waals surface area contributed by atoms with E-state index in [1.165, 1.54) is 16.7 Å². The topological polar surface area (TPSA) is 88.5 Å². The van der Waals surface area contributed by atoms with Crippen LogP contribution in [0.25, 0.3) is 0 Å². The Morgan fingerprint density at radius 3 is 2.19 bits per heavy atom. The molecule has 0 radical (unpaired) electrons. The molecule has 0 aliphatic carbocycles. The molecule has 0 saturated carbocycles. The van der Waals surface area contributed by atoms with E-state index in [1.807, 2.05) is 6.07 Å². The van der Waals surface area contributed by atoms with Gasteiger partial charge in [-0.05, 0) is 47.7 Å². The van der Waals surface area contributed by atoms with Gasteiger partial charge in [-0.15, -0.1) is 0 Å². The number of phenolic OH excluding ortho intramolecular Hbond substituents is 1. The molecule has 7 nitrogen and oxygen atoms in total. The van der Waals surface area contributed by atoms with Gasteiger partial charge >= 0.3 is 12.1 Å². The van der Waals surface area contributed by atoms with Gasteiger partial charge in [0, 0.05) is 24.7 Å². The molecule has 0 spiro atoms. The van der Waals surface area contributed by atoms with Crippen LogP contribution in [0.5, 0.6) is 23.0 Å². The highest BCUT2D eigenvalue weighted by atomic mass is 19.4. The van der Waals surface area contributed by atoms with Crippen LogP contribution in [0.1, 0.15) is 28.3 Å². The van der Waals surface area contributed by atoms with E-state index in [4.69, 9.17) is 24.1 Å². The van der Waals surface area contributed by atoms with Gasteiger partial charge in [0.25, 0.3) is 0 Å². The van der Waals surface area contributed by atoms with Crippen LogP contribution >= 0.6 is 0 Å². The molecule has 2 N–H and O–H groups in total. The van der Waals surface area contributed by atoms with Crippen molar-refractivity contribution in [1.29, 1.82) is 0 Å². The third-order valence-electron chi connectivity index (χ3n) is 5.69. The number of aromatic hydroxyl groups is 1. The van der Waals surface area contributed by atoms with E-state index in [-0.39, 0.29) is 5.75 Å². The number of halogens is 3. The molecule has 0 saturated heterocycles. The summed E-state index contributed by atoms with van der Waals surface area (Å²) in [5.41, 5.74) is 4.78. The predicted octanol–water partition coefficient (Wildman–Crippen LogP) is 3.71. The fraction of sp³-hybridized carbons (Fsp3) is 0.409. The van der Waals surface area contributed by atoms with Crippen molar-refractivity contribution in [1.82, 2.24) is 4.90 Å². The smallest absolute Gasteiger partial charge is 0.490 e. The van der Waals surface area contributed by atoms with E-state index in [9.17, 15) is 18.3 Å². The van der Waals surface area contributed by atoms with Crippen LogP contribution in [0, 0.1) is 0 Å². The minimum Gasteiger partial charge on any atom is -0.504 e. The fourth-order valence-corrected chi connectivity index (χ4v) is 4.11. The Balaban J connectivity index is 0.000000360. The first-order valence-electron chi connectivity index (χ1n) is 9.77. The zero-order valence-electron chi connectivity index (χ0n) is 17.8. The zero-order valence-corrected chi connectivity index (χ0v) is 17.8. The summed E-state index contributed by atoms with van der Waals surface area (Å²) in [6.45, 7) is 1.69. The maximum absolute atomic E-state index is 10.6. The van der Waals surface area contributed by atoms with Gasteiger partial charge in [-0.1, -0.05) is 6.07 Å². The zero-order chi connectivity index (χ0) is 23.6. The van der Waals surface area contributed by atoms with E-state index in [1.54, 1.807) is 21.3 Å². The van der Waals surface area contributed by atoms with E-state index in [2.05, 4.69) is 23.1 Å². The Kier molecular flexibility index (Phi) is 6.73. The van der Waals surface area contributed by atoms with Crippen molar-refractivity contribution in [2.24, 2.45) is 0 Å². The number of phenols is 1. The summed E-state index contributed by atoms with van der Waals surface area (Å²) in [4.78, 5) is 11.3. The van der Waals surface area contributed by atoms with Gasteiger partial charge in [-0.3, -0.25) is 4.90 Å². The van der Waals surface area contributed by atoms with Gasteiger partial charge in [0.15, 0.2) is 23.0 Å². The Morgan fingerprint density at radius 2 is 1.62 bits per heavy atom. The van der Waals surface area contributed by atoms with Crippen LogP contribution < -0.4 is 14.2 Å². The predicted molar refractivity (Wildman–Crippen MR) is 108 cm³/mol. The van der Waals surface area contributed by atoms with Crippen LogP contribution in [0.3, 0.4) is 0 Å². The van der Waals surface area contributed by atoms with Gasteiger partial charge in [-0.2, -0.15) is 13.2 Å². The lowest BCUT2D eigenvalue weighted by Gasteiger charge is -2.41. The van der Waals surface area contributed by atoms with Gasteiger partial charge in [0.1, 0.15) is 0 Å². The van der Waals surface area contributed by atoms with Crippen molar-refractivity contribution in [3.05, 3.63) is 46.5 Å². The third-order valence-corrected chi connectivity index (χ3v) is 5.69. The molecule has 2 aromatic carbocycles. The number of carboxylic acid groups (broad SMARTS) is 1. The molecular weight excluding hydrogens is 431 g/mol. The average molecular weight is 455 g/mol. The number of benzene rings is 2. The van der Waals surface area contributed by atoms with Crippen molar-refractivity contribution >= 4 is 5.97 Å². The molecule has 1 atom stereocenters. The number of carboxylic acids is 1. The molecule has 174 valence electrons. The van der Waals surface area contributed by atoms with Gasteiger partial charge in [0.2, 0.25) is 0 Å². The fourth-order valence-electron chi connectivity index (χ4n) is 4.11. The molecule has 32 heavy (non-hydrogen) atoms. The Morgan fingerprint density at radius 1 is 1.03 bits per heavy atom. The Bertz CT molecular complexity index is 1010. The molecule has 0 fully saturated rings. The van der Waals surface area contributed by atoms with Crippen molar-refractivity contribution in [2.45, 2.75) is 31.6 Å². The third kappa shape index (κ3) is 4.55. The summed E-state index contributed by atoms with van der Waals surface area (Å²) >= 11 is 0. The SMILES string of the molecule is COc1cc2c(cc1OC)[C@@H]1Cc3ccc(OC)c(O)c3CN1CC2.O=C(O)C(F)(F)F. The minimum atomic E-state index is -5.08. The van der Waals surface area contributed by atoms with Crippen LogP contribution in [-0.2, 0) is 24.2 Å². The van der Waals surface area contributed by atoms with E-state index in [0.29, 0.717) is 11.8 Å². The first kappa shape index (κ1) is 23.5. The normalized spacial score (nSPS) is 17.1. The van der Waals surface area contributed by atoms with E-state index in [0.717, 1.165) is 43.0 Å². The summed E-state index contributed by atoms with van der Waals surface area (Å²) in [5, 5.41) is 17.6. The maximum atomic E-state index is 10.6. The summed E-state index contributed by atoms with van der Waals surface area (Å²) < 4.78 is 47.9. The van der Waals surface area contributed by atoms with Crippen LogP contribution in [0.2, 0.25) is 0 Å². The van der Waals surface area contributed by atoms with Gasteiger partial charge in [0.05, 0.1) is 21.3 Å². The van der Waals surface area contributed by atoms with Gasteiger partial charge < -0.3 is 24.4 Å². The second kappa shape index (κ2) is 9.15. The summed E-state index contributed by atoms with van der Waals surface area (Å²) in [5.74, 6) is -0.384. The standard InChI is InChI=1S/C20H23NO4.C2HF3O2/c1-23-17-5-4-12-8-16-14-10-19(25-3)18(24-2)9-13(14)6-7-21(16)11-15(12)20(17)22;3-2(4,5)1(6)7/h4-5,9-10,16,22H,6-8,11H2,1-3H3;(H,6,7)/t16-;/m0./s1. The van der Waals surface area contributed by atoms with Crippen molar-refractivity contribution in [2.75, 3.05) is 27.9 Å². The summed E-state index contributed by atoms with van der Waals surface area (Å²) in [6.07, 6.45) is -3.25. The number of alkyl halides is 3. The number of fused-ring (bicyclic) bond motifs is 4. The summed E-state index contributed by atoms with van der Waals surface area (Å²) in [7, 11) is 4.93. The molecule has 0 unspecified atom stereocenters. The monoisotopic (exact) mass is 455 g/mol. The molecule has 0 aromatic heterocycles. The highest BCUT2D eigenvalue weighted by Crippen LogP contribution is 2.45. The van der Waals surface area contributed by atoms with Crippen LogP contribution in [-0.4, -0.2) is 55.1 Å². The second-order valence-electron chi connectivity index (χ2n) is 7.40. The van der Waals surface area contributed by atoms with Crippen molar-refractivity contribution in [3.8, 4) is 23.0 Å². The van der Waals surface area contributed by atoms with E-state index >= 15 is 0 Å². The maximum Gasteiger partial charge on any atom is 0.490 e. The first-order valence-corrected chi connectivity index (χ1v) is 9.77. The van der Waals surface area contributed by atoms with E-state index < -0.39 is 12.1 Å². The molecule has 10 heteroatoms. The summed E-state index contributed by atoms with van der Waals surface area (Å²) in [6, 6.07) is 8.43. The number of hydrogen-bond acceptors (Lipinski definition) is 6. The lowest BCUT2D eigenvalue weighted by Crippen LogP contribution is -2.39. The number of hydrogen-bond donors (Lipinski definition) is 2. The quantitative estimate of drug-likeness (QED) is 0.730. The number of ether oxygens (including phenoxy) is 3. The molecule has 2 heterocycles. The number of carbonyl (C=O) groups is 1. The minimum absolute atomic E-state index is 0.275. The van der Waals surface area contributed by atoms with Gasteiger partial charge in [-0.25, -0.2) is 4.79 Å². The molecule has 0 bridgehead atoms. The van der Waals surface area contributed by atoms with Crippen LogP contribution in [0.4, 0.5) is 13.2 Å². The molecule has 2 aliphatic rings. The molecule has 4 rings (SSSR count). The average Bonchev–Trinajstić information content (AvgIpc) is 2.77. The second-order valence-corrected chi connectivity index (χ2v) is 7.40. The van der Waals surface area contributed by atoms with Crippen molar-refractivity contribution in [3.63, 3.8) is 0 Å². The lowest BCUT2D eigenvalue weighted by atomic mass is 9.83. The van der Waals surface area contributed by atoms with Crippen molar-refractivity contribution < 1.29 is 42.4 Å². The molecular formula is C22H24F3NO6. The Labute approximate surface area is 182 Å². The number of methoxy groups -OCH3 is 3. The number of aliphatic carboxylic acids is 1. The van der Waals surface area contributed by atoms with Crippen LogP contribution in [0.15, 0.2) is 24.3 Å². The molecule has 2 aliphatic heterocycles. The Hall–Kier alpha value is -3.14. The highest BCUT2D eigenvalue weighted by molar-refractivity contribution is 5.73. The first-order chi connectivity index (χ1) is 15.1. The molecule has 0 amide bonds. The number of rotatable bonds is 3. The lowest BCUT2D eigenvalue weighted by molar-refractivity contribution is -0.192. The largest absolute Gasteiger partial charge is 0.504 e. The number of nitrogens with zero attached hydrogens (tertiary/aromatic N) is 1. The highest BCUT2D eigenvalue weighted by Gasteiger charge is 2.38. The molecule has 2 aromatic rings.